The molecule has 0 saturated carbocycles. The van der Waals surface area contributed by atoms with Crippen LogP contribution in [0.25, 0.3) is 0 Å². The average molecular weight is 474 g/mol. The fourth-order valence-electron chi connectivity index (χ4n) is 1.63. The van der Waals surface area contributed by atoms with Crippen LogP contribution in [-0.4, -0.2) is 40.6 Å². The molecule has 0 aromatic carbocycles. The van der Waals surface area contributed by atoms with Gasteiger partial charge >= 0.3 is 0 Å². The quantitative estimate of drug-likeness (QED) is 0.222. The van der Waals surface area contributed by atoms with Gasteiger partial charge in [-0.25, -0.2) is 13.1 Å². The van der Waals surface area contributed by atoms with Crippen molar-refractivity contribution in [1.29, 1.82) is 0 Å². The summed E-state index contributed by atoms with van der Waals surface area (Å²) in [6.07, 6.45) is 1.03. The summed E-state index contributed by atoms with van der Waals surface area (Å²) in [5.41, 5.74) is 0. The number of rotatable bonds is 9. The molecule has 6 nitrogen and oxygen atoms in total. The van der Waals surface area contributed by atoms with Crippen LogP contribution in [0.15, 0.2) is 26.7 Å². The third-order valence-corrected chi connectivity index (χ3v) is 5.65. The van der Waals surface area contributed by atoms with Crippen molar-refractivity contribution in [3.8, 4) is 0 Å². The van der Waals surface area contributed by atoms with Crippen LogP contribution in [0.3, 0.4) is 0 Å². The maximum Gasteiger partial charge on any atom is 0.250 e. The zero-order valence-corrected chi connectivity index (χ0v) is 17.8. The molecular formula is C14H27IN4O2S2. The Hall–Kier alpha value is -0.390. The summed E-state index contributed by atoms with van der Waals surface area (Å²) >= 11 is 1.21. The van der Waals surface area contributed by atoms with Gasteiger partial charge in [-0.15, -0.1) is 35.3 Å². The first-order valence-electron chi connectivity index (χ1n) is 7.51. The Kier molecular flexibility index (Phi) is 11.8. The number of hydrogen-bond donors (Lipinski definition) is 3. The van der Waals surface area contributed by atoms with E-state index >= 15 is 0 Å². The van der Waals surface area contributed by atoms with Crippen molar-refractivity contribution < 1.29 is 8.42 Å². The largest absolute Gasteiger partial charge is 0.357 e. The number of sulfonamides is 1. The predicted octanol–water partition coefficient (Wildman–Crippen LogP) is 2.25. The first kappa shape index (κ1) is 22.6. The molecule has 134 valence electrons. The van der Waals surface area contributed by atoms with Gasteiger partial charge in [-0.3, -0.25) is 4.99 Å². The van der Waals surface area contributed by atoms with Gasteiger partial charge in [0.2, 0.25) is 10.0 Å². The van der Waals surface area contributed by atoms with Crippen molar-refractivity contribution in [1.82, 2.24) is 15.4 Å². The van der Waals surface area contributed by atoms with Gasteiger partial charge in [0, 0.05) is 26.2 Å². The van der Waals surface area contributed by atoms with Crippen LogP contribution in [0.1, 0.15) is 27.2 Å². The van der Waals surface area contributed by atoms with Crippen LogP contribution in [0.4, 0.5) is 0 Å². The molecule has 1 rings (SSSR count). The lowest BCUT2D eigenvalue weighted by Crippen LogP contribution is -2.41. The van der Waals surface area contributed by atoms with E-state index in [1.165, 1.54) is 11.3 Å². The first-order valence-corrected chi connectivity index (χ1v) is 9.87. The van der Waals surface area contributed by atoms with Crippen LogP contribution in [0.5, 0.6) is 0 Å². The fourth-order valence-corrected chi connectivity index (χ4v) is 3.70. The maximum absolute atomic E-state index is 11.9. The summed E-state index contributed by atoms with van der Waals surface area (Å²) in [5, 5.41) is 8.02. The van der Waals surface area contributed by atoms with Gasteiger partial charge in [0.25, 0.3) is 0 Å². The molecule has 23 heavy (non-hydrogen) atoms. The number of nitrogens with one attached hydrogen (secondary N) is 3. The van der Waals surface area contributed by atoms with E-state index in [4.69, 9.17) is 0 Å². The highest BCUT2D eigenvalue weighted by molar-refractivity contribution is 14.0. The molecule has 1 aromatic heterocycles. The van der Waals surface area contributed by atoms with E-state index in [1.807, 2.05) is 6.92 Å². The molecule has 1 heterocycles. The zero-order chi connectivity index (χ0) is 16.4. The lowest BCUT2D eigenvalue weighted by molar-refractivity contribution is 0.581. The van der Waals surface area contributed by atoms with Gasteiger partial charge in [0.05, 0.1) is 0 Å². The Bertz CT molecular complexity index is 545. The van der Waals surface area contributed by atoms with Gasteiger partial charge in [0.15, 0.2) is 5.96 Å². The molecule has 0 spiro atoms. The Morgan fingerprint density at radius 2 is 2.04 bits per heavy atom. The van der Waals surface area contributed by atoms with Gasteiger partial charge in [-0.1, -0.05) is 19.9 Å². The third kappa shape index (κ3) is 9.48. The second-order valence-corrected chi connectivity index (χ2v) is 8.14. The lowest BCUT2D eigenvalue weighted by atomic mass is 10.1. The number of nitrogens with zero attached hydrogens (tertiary/aromatic N) is 1. The summed E-state index contributed by atoms with van der Waals surface area (Å²) in [4.78, 5) is 4.46. The molecule has 0 saturated heterocycles. The standard InChI is InChI=1S/C14H26N4O2S2.HI/c1-4-15-14(16-8-7-12(2)3)17-9-10-18-22(19,20)13-6-5-11-21-13;/h5-6,11-12,18H,4,7-10H2,1-3H3,(H2,15,16,17);1H. The smallest absolute Gasteiger partial charge is 0.250 e. The predicted molar refractivity (Wildman–Crippen MR) is 108 cm³/mol. The Morgan fingerprint density at radius 1 is 1.30 bits per heavy atom. The Balaban J connectivity index is 0.00000484. The molecule has 0 fully saturated rings. The average Bonchev–Trinajstić information content (AvgIpc) is 2.98. The third-order valence-electron chi connectivity index (χ3n) is 2.79. The number of thiophene rings is 1. The SMILES string of the molecule is CCNC(=NCCC(C)C)NCCNS(=O)(=O)c1cccs1.I. The van der Waals surface area contributed by atoms with Crippen LogP contribution in [-0.2, 0) is 10.0 Å². The molecule has 9 heteroatoms. The van der Waals surface area contributed by atoms with Crippen LogP contribution >= 0.6 is 35.3 Å². The monoisotopic (exact) mass is 474 g/mol. The number of guanidine groups is 1. The van der Waals surface area contributed by atoms with E-state index in [9.17, 15) is 8.42 Å². The number of halogens is 1. The van der Waals surface area contributed by atoms with E-state index in [1.54, 1.807) is 17.5 Å². The number of aliphatic imine (C=N–C) groups is 1. The Labute approximate surface area is 160 Å². The van der Waals surface area contributed by atoms with Gasteiger partial charge in [0.1, 0.15) is 4.21 Å². The molecule has 1 aromatic rings. The molecule has 3 N–H and O–H groups in total. The Morgan fingerprint density at radius 3 is 2.61 bits per heavy atom. The van der Waals surface area contributed by atoms with Gasteiger partial charge < -0.3 is 10.6 Å². The molecule has 0 atom stereocenters. The summed E-state index contributed by atoms with van der Waals surface area (Å²) in [7, 11) is -3.39. The highest BCUT2D eigenvalue weighted by Gasteiger charge is 2.13. The maximum atomic E-state index is 11.9. The second kappa shape index (κ2) is 12.0. The highest BCUT2D eigenvalue weighted by atomic mass is 127. The highest BCUT2D eigenvalue weighted by Crippen LogP contribution is 2.14. The molecular weight excluding hydrogens is 447 g/mol. The topological polar surface area (TPSA) is 82.6 Å². The van der Waals surface area contributed by atoms with E-state index in [0.29, 0.717) is 23.2 Å². The van der Waals surface area contributed by atoms with E-state index in [-0.39, 0.29) is 24.0 Å². The summed E-state index contributed by atoms with van der Waals surface area (Å²) < 4.78 is 26.8. The van der Waals surface area contributed by atoms with E-state index < -0.39 is 10.0 Å². The van der Waals surface area contributed by atoms with E-state index in [2.05, 4.69) is 34.2 Å². The first-order chi connectivity index (χ1) is 10.5. The summed E-state index contributed by atoms with van der Waals surface area (Å²) in [6.45, 7) is 8.65. The molecule has 0 aliphatic heterocycles. The van der Waals surface area contributed by atoms with Crippen molar-refractivity contribution >= 4 is 51.3 Å². The number of hydrogen-bond acceptors (Lipinski definition) is 4. The van der Waals surface area contributed by atoms with E-state index in [0.717, 1.165) is 25.5 Å². The fraction of sp³-hybridized carbons (Fsp3) is 0.643. The van der Waals surface area contributed by atoms with Crippen molar-refractivity contribution in [2.24, 2.45) is 10.9 Å². The molecule has 0 aliphatic rings. The van der Waals surface area contributed by atoms with Gasteiger partial charge in [-0.2, -0.15) is 0 Å². The molecule has 0 unspecified atom stereocenters. The molecule has 0 aliphatic carbocycles. The normalized spacial score (nSPS) is 12.1. The minimum Gasteiger partial charge on any atom is -0.357 e. The second-order valence-electron chi connectivity index (χ2n) is 5.20. The summed E-state index contributed by atoms with van der Waals surface area (Å²) in [5.74, 6) is 1.34. The van der Waals surface area contributed by atoms with Crippen molar-refractivity contribution in [3.05, 3.63) is 17.5 Å². The summed E-state index contributed by atoms with van der Waals surface area (Å²) in [6, 6.07) is 3.32. The minimum absolute atomic E-state index is 0. The lowest BCUT2D eigenvalue weighted by Gasteiger charge is -2.12. The molecule has 0 radical (unpaired) electrons. The van der Waals surface area contributed by atoms with Crippen molar-refractivity contribution in [3.63, 3.8) is 0 Å². The zero-order valence-electron chi connectivity index (χ0n) is 13.8. The van der Waals surface area contributed by atoms with Crippen LogP contribution in [0.2, 0.25) is 0 Å². The molecule has 0 bridgehead atoms. The van der Waals surface area contributed by atoms with Crippen LogP contribution < -0.4 is 15.4 Å². The van der Waals surface area contributed by atoms with Crippen molar-refractivity contribution in [2.75, 3.05) is 26.2 Å². The van der Waals surface area contributed by atoms with Crippen molar-refractivity contribution in [2.45, 2.75) is 31.4 Å². The molecule has 0 amide bonds. The minimum atomic E-state index is -3.39. The van der Waals surface area contributed by atoms with Gasteiger partial charge in [-0.05, 0) is 30.7 Å². The van der Waals surface area contributed by atoms with Crippen LogP contribution in [0, 0.1) is 5.92 Å².